The molecule has 0 amide bonds. The van der Waals surface area contributed by atoms with E-state index in [-0.39, 0.29) is 18.0 Å². The molecular formula is C12H18FNO. The molecule has 0 unspecified atom stereocenters. The van der Waals surface area contributed by atoms with Gasteiger partial charge in [0.25, 0.3) is 0 Å². The molecule has 2 N–H and O–H groups in total. The van der Waals surface area contributed by atoms with Gasteiger partial charge in [-0.25, -0.2) is 4.39 Å². The largest absolute Gasteiger partial charge is 0.392 e. The Morgan fingerprint density at radius 3 is 2.40 bits per heavy atom. The summed E-state index contributed by atoms with van der Waals surface area (Å²) in [5, 5.41) is 12.4. The van der Waals surface area contributed by atoms with Crippen LogP contribution in [0.25, 0.3) is 0 Å². The molecule has 0 bridgehead atoms. The predicted octanol–water partition coefficient (Wildman–Crippen LogP) is 2.25. The zero-order valence-electron chi connectivity index (χ0n) is 9.20. The van der Waals surface area contributed by atoms with Crippen molar-refractivity contribution in [1.29, 1.82) is 0 Å². The van der Waals surface area contributed by atoms with E-state index in [9.17, 15) is 4.39 Å². The summed E-state index contributed by atoms with van der Waals surface area (Å²) in [4.78, 5) is 0. The first-order chi connectivity index (χ1) is 7.13. The van der Waals surface area contributed by atoms with E-state index in [0.717, 1.165) is 12.0 Å². The average Bonchev–Trinajstić information content (AvgIpc) is 2.21. The van der Waals surface area contributed by atoms with Crippen molar-refractivity contribution >= 4 is 0 Å². The number of aliphatic hydroxyl groups is 1. The van der Waals surface area contributed by atoms with Crippen LogP contribution in [0.15, 0.2) is 24.3 Å². The third-order valence-corrected chi connectivity index (χ3v) is 2.34. The third-order valence-electron chi connectivity index (χ3n) is 2.34. The van der Waals surface area contributed by atoms with Crippen molar-refractivity contribution in [3.05, 3.63) is 35.6 Å². The van der Waals surface area contributed by atoms with Crippen LogP contribution in [0.3, 0.4) is 0 Å². The van der Waals surface area contributed by atoms with Gasteiger partial charge >= 0.3 is 0 Å². The highest BCUT2D eigenvalue weighted by molar-refractivity contribution is 5.19. The number of hydrogen-bond acceptors (Lipinski definition) is 2. The molecule has 1 aromatic rings. The van der Waals surface area contributed by atoms with Crippen LogP contribution in [-0.2, 0) is 0 Å². The molecule has 0 radical (unpaired) electrons. The van der Waals surface area contributed by atoms with Crippen LogP contribution in [0, 0.1) is 5.82 Å². The maximum Gasteiger partial charge on any atom is 0.123 e. The maximum atomic E-state index is 12.7. The van der Waals surface area contributed by atoms with Gasteiger partial charge in [0.15, 0.2) is 0 Å². The summed E-state index contributed by atoms with van der Waals surface area (Å²) in [6.45, 7) is 4.35. The molecule has 3 heteroatoms. The fourth-order valence-electron chi connectivity index (χ4n) is 1.51. The van der Waals surface area contributed by atoms with Gasteiger partial charge in [-0.2, -0.15) is 0 Å². The van der Waals surface area contributed by atoms with Gasteiger partial charge in [0.1, 0.15) is 5.82 Å². The second kappa shape index (κ2) is 5.83. The first kappa shape index (κ1) is 12.1. The molecule has 0 aliphatic rings. The first-order valence-corrected chi connectivity index (χ1v) is 5.30. The van der Waals surface area contributed by atoms with E-state index in [1.807, 2.05) is 0 Å². The van der Waals surface area contributed by atoms with Crippen LogP contribution in [0.4, 0.5) is 4.39 Å². The van der Waals surface area contributed by atoms with Crippen molar-refractivity contribution in [2.24, 2.45) is 0 Å². The monoisotopic (exact) mass is 211 g/mol. The van der Waals surface area contributed by atoms with Gasteiger partial charge in [-0.3, -0.25) is 0 Å². The van der Waals surface area contributed by atoms with Crippen LogP contribution in [0.1, 0.15) is 31.9 Å². The topological polar surface area (TPSA) is 32.3 Å². The van der Waals surface area contributed by atoms with E-state index < -0.39 is 0 Å². The van der Waals surface area contributed by atoms with E-state index >= 15 is 0 Å². The summed E-state index contributed by atoms with van der Waals surface area (Å²) >= 11 is 0. The van der Waals surface area contributed by atoms with Gasteiger partial charge in [-0.05, 0) is 31.0 Å². The minimum absolute atomic E-state index is 0.181. The van der Waals surface area contributed by atoms with E-state index in [1.54, 1.807) is 19.1 Å². The van der Waals surface area contributed by atoms with Gasteiger partial charge < -0.3 is 10.4 Å². The molecule has 0 saturated heterocycles. The normalized spacial score (nSPS) is 14.9. The Balaban J connectivity index is 2.61. The summed E-state index contributed by atoms with van der Waals surface area (Å²) in [7, 11) is 0. The molecule has 1 rings (SSSR count). The van der Waals surface area contributed by atoms with Crippen molar-refractivity contribution in [1.82, 2.24) is 5.32 Å². The maximum absolute atomic E-state index is 12.7. The molecule has 2 atom stereocenters. The molecular weight excluding hydrogens is 193 g/mol. The highest BCUT2D eigenvalue weighted by Crippen LogP contribution is 2.16. The van der Waals surface area contributed by atoms with Crippen molar-refractivity contribution in [2.45, 2.75) is 32.4 Å². The van der Waals surface area contributed by atoms with Crippen LogP contribution in [0.5, 0.6) is 0 Å². The number of aliphatic hydroxyl groups excluding tert-OH is 1. The van der Waals surface area contributed by atoms with E-state index in [1.165, 1.54) is 12.1 Å². The molecule has 0 aliphatic carbocycles. The third kappa shape index (κ3) is 3.98. The SMILES string of the molecule is CC[C@H](NC[C@H](C)O)c1ccc(F)cc1. The summed E-state index contributed by atoms with van der Waals surface area (Å²) in [5.41, 5.74) is 1.06. The predicted molar refractivity (Wildman–Crippen MR) is 59.1 cm³/mol. The highest BCUT2D eigenvalue weighted by atomic mass is 19.1. The van der Waals surface area contributed by atoms with Crippen molar-refractivity contribution in [2.75, 3.05) is 6.54 Å². The minimum atomic E-state index is -0.362. The van der Waals surface area contributed by atoms with Gasteiger partial charge in [0.2, 0.25) is 0 Å². The lowest BCUT2D eigenvalue weighted by molar-refractivity contribution is 0.185. The summed E-state index contributed by atoms with van der Waals surface area (Å²) in [5.74, 6) is -0.218. The average molecular weight is 211 g/mol. The number of halogens is 1. The van der Waals surface area contributed by atoms with E-state index in [0.29, 0.717) is 6.54 Å². The molecule has 0 saturated carbocycles. The summed E-state index contributed by atoms with van der Waals surface area (Å²) in [6, 6.07) is 6.65. The van der Waals surface area contributed by atoms with Crippen LogP contribution >= 0.6 is 0 Å². The molecule has 15 heavy (non-hydrogen) atoms. The van der Waals surface area contributed by atoms with Gasteiger partial charge in [-0.15, -0.1) is 0 Å². The number of hydrogen-bond donors (Lipinski definition) is 2. The molecule has 2 nitrogen and oxygen atoms in total. The Morgan fingerprint density at radius 1 is 1.33 bits per heavy atom. The van der Waals surface area contributed by atoms with Crippen molar-refractivity contribution < 1.29 is 9.50 Å². The number of nitrogens with one attached hydrogen (secondary N) is 1. The molecule has 84 valence electrons. The Morgan fingerprint density at radius 2 is 1.93 bits per heavy atom. The number of benzene rings is 1. The lowest BCUT2D eigenvalue weighted by Gasteiger charge is -2.18. The van der Waals surface area contributed by atoms with Crippen molar-refractivity contribution in [3.8, 4) is 0 Å². The zero-order valence-corrected chi connectivity index (χ0v) is 9.20. The Labute approximate surface area is 90.1 Å². The second-order valence-corrected chi connectivity index (χ2v) is 3.77. The molecule has 0 aliphatic heterocycles. The Hall–Kier alpha value is -0.930. The molecule has 0 spiro atoms. The van der Waals surface area contributed by atoms with Crippen molar-refractivity contribution in [3.63, 3.8) is 0 Å². The summed E-state index contributed by atoms with van der Waals surface area (Å²) in [6.07, 6.45) is 0.553. The lowest BCUT2D eigenvalue weighted by Crippen LogP contribution is -2.28. The fourth-order valence-corrected chi connectivity index (χ4v) is 1.51. The molecule has 0 heterocycles. The quantitative estimate of drug-likeness (QED) is 0.783. The Bertz CT molecular complexity index is 284. The van der Waals surface area contributed by atoms with Crippen LogP contribution < -0.4 is 5.32 Å². The molecule has 1 aromatic carbocycles. The van der Waals surface area contributed by atoms with E-state index in [2.05, 4.69) is 12.2 Å². The van der Waals surface area contributed by atoms with E-state index in [4.69, 9.17) is 5.11 Å². The fraction of sp³-hybridized carbons (Fsp3) is 0.500. The van der Waals surface area contributed by atoms with Gasteiger partial charge in [0, 0.05) is 12.6 Å². The first-order valence-electron chi connectivity index (χ1n) is 5.30. The zero-order chi connectivity index (χ0) is 11.3. The van der Waals surface area contributed by atoms with Crippen LogP contribution in [-0.4, -0.2) is 17.8 Å². The lowest BCUT2D eigenvalue weighted by atomic mass is 10.0. The summed E-state index contributed by atoms with van der Waals surface area (Å²) < 4.78 is 12.7. The van der Waals surface area contributed by atoms with Crippen LogP contribution in [0.2, 0.25) is 0 Å². The highest BCUT2D eigenvalue weighted by Gasteiger charge is 2.09. The minimum Gasteiger partial charge on any atom is -0.392 e. The van der Waals surface area contributed by atoms with Gasteiger partial charge in [0.05, 0.1) is 6.10 Å². The molecule has 0 aromatic heterocycles. The molecule has 0 fully saturated rings. The Kier molecular flexibility index (Phi) is 4.72. The second-order valence-electron chi connectivity index (χ2n) is 3.77. The smallest absolute Gasteiger partial charge is 0.123 e. The standard InChI is InChI=1S/C12H18FNO/c1-3-12(14-8-9(2)15)10-4-6-11(13)7-5-10/h4-7,9,12,14-15H,3,8H2,1-2H3/t9-,12-/m0/s1. The van der Waals surface area contributed by atoms with Gasteiger partial charge in [-0.1, -0.05) is 19.1 Å². The number of rotatable bonds is 5.